The Morgan fingerprint density at radius 3 is 3.13 bits per heavy atom. The van der Waals surface area contributed by atoms with Crippen LogP contribution in [-0.2, 0) is 6.42 Å². The van der Waals surface area contributed by atoms with Crippen molar-refractivity contribution >= 4 is 0 Å². The van der Waals surface area contributed by atoms with Crippen molar-refractivity contribution in [1.29, 1.82) is 0 Å². The van der Waals surface area contributed by atoms with E-state index in [4.69, 9.17) is 0 Å². The SMILES string of the molecule is Cc1cc(CC2CCCNC2)nc(=O)[nH]1. The zero-order valence-corrected chi connectivity index (χ0v) is 9.05. The van der Waals surface area contributed by atoms with Crippen LogP contribution < -0.4 is 11.0 Å². The van der Waals surface area contributed by atoms with Gasteiger partial charge in [-0.3, -0.25) is 0 Å². The van der Waals surface area contributed by atoms with E-state index >= 15 is 0 Å². The maximum atomic E-state index is 11.2. The van der Waals surface area contributed by atoms with Crippen LogP contribution in [0.3, 0.4) is 0 Å². The lowest BCUT2D eigenvalue weighted by Crippen LogP contribution is -2.31. The second kappa shape index (κ2) is 4.57. The fourth-order valence-electron chi connectivity index (χ4n) is 2.14. The summed E-state index contributed by atoms with van der Waals surface area (Å²) in [7, 11) is 0. The summed E-state index contributed by atoms with van der Waals surface area (Å²) in [5.41, 5.74) is 1.59. The molecule has 82 valence electrons. The normalized spacial score (nSPS) is 21.5. The first-order valence-corrected chi connectivity index (χ1v) is 5.51. The number of rotatable bonds is 2. The number of aryl methyl sites for hydroxylation is 1. The molecule has 1 unspecified atom stereocenters. The molecular formula is C11H17N3O. The average Bonchev–Trinajstić information content (AvgIpc) is 2.17. The summed E-state index contributed by atoms with van der Waals surface area (Å²) < 4.78 is 0. The third kappa shape index (κ3) is 2.89. The van der Waals surface area contributed by atoms with Gasteiger partial charge in [0.15, 0.2) is 0 Å². The molecule has 1 aliphatic heterocycles. The molecule has 0 saturated carbocycles. The molecule has 1 aromatic heterocycles. The van der Waals surface area contributed by atoms with E-state index in [2.05, 4.69) is 15.3 Å². The molecule has 4 heteroatoms. The summed E-state index contributed by atoms with van der Waals surface area (Å²) in [5.74, 6) is 0.632. The van der Waals surface area contributed by atoms with Crippen LogP contribution in [-0.4, -0.2) is 23.1 Å². The highest BCUT2D eigenvalue weighted by atomic mass is 16.1. The van der Waals surface area contributed by atoms with E-state index < -0.39 is 0 Å². The number of nitrogens with zero attached hydrogens (tertiary/aromatic N) is 1. The summed E-state index contributed by atoms with van der Waals surface area (Å²) in [4.78, 5) is 17.8. The predicted molar refractivity (Wildman–Crippen MR) is 58.9 cm³/mol. The Balaban J connectivity index is 2.06. The van der Waals surface area contributed by atoms with Gasteiger partial charge >= 0.3 is 5.69 Å². The van der Waals surface area contributed by atoms with Crippen LogP contribution in [0.1, 0.15) is 24.2 Å². The Kier molecular flexibility index (Phi) is 3.16. The number of aromatic nitrogens is 2. The largest absolute Gasteiger partial charge is 0.345 e. The molecule has 0 spiro atoms. The molecule has 1 fully saturated rings. The van der Waals surface area contributed by atoms with Crippen molar-refractivity contribution in [3.63, 3.8) is 0 Å². The molecule has 0 bridgehead atoms. The van der Waals surface area contributed by atoms with Crippen molar-refractivity contribution in [2.24, 2.45) is 5.92 Å². The Labute approximate surface area is 89.1 Å². The predicted octanol–water partition coefficient (Wildman–Crippen LogP) is 0.620. The molecule has 1 atom stereocenters. The van der Waals surface area contributed by atoms with Crippen molar-refractivity contribution in [3.8, 4) is 0 Å². The van der Waals surface area contributed by atoms with Crippen molar-refractivity contribution in [2.45, 2.75) is 26.2 Å². The second-order valence-corrected chi connectivity index (χ2v) is 4.28. The van der Waals surface area contributed by atoms with E-state index in [1.807, 2.05) is 13.0 Å². The molecule has 15 heavy (non-hydrogen) atoms. The van der Waals surface area contributed by atoms with Crippen molar-refractivity contribution in [1.82, 2.24) is 15.3 Å². The van der Waals surface area contributed by atoms with E-state index in [1.165, 1.54) is 12.8 Å². The van der Waals surface area contributed by atoms with E-state index in [1.54, 1.807) is 0 Å². The summed E-state index contributed by atoms with van der Waals surface area (Å²) in [6.07, 6.45) is 3.38. The lowest BCUT2D eigenvalue weighted by Gasteiger charge is -2.22. The van der Waals surface area contributed by atoms with E-state index in [0.717, 1.165) is 30.9 Å². The van der Waals surface area contributed by atoms with Gasteiger partial charge in [-0.05, 0) is 51.3 Å². The van der Waals surface area contributed by atoms with Gasteiger partial charge in [0.25, 0.3) is 0 Å². The number of H-pyrrole nitrogens is 1. The molecule has 2 rings (SSSR count). The first-order chi connectivity index (χ1) is 7.24. The van der Waals surface area contributed by atoms with Crippen LogP contribution in [0.5, 0.6) is 0 Å². The molecule has 0 aliphatic carbocycles. The quantitative estimate of drug-likeness (QED) is 0.747. The van der Waals surface area contributed by atoms with E-state index in [0.29, 0.717) is 5.92 Å². The first-order valence-electron chi connectivity index (χ1n) is 5.51. The highest BCUT2D eigenvalue weighted by Gasteiger charge is 2.14. The third-order valence-electron chi connectivity index (χ3n) is 2.83. The Morgan fingerprint density at radius 1 is 1.60 bits per heavy atom. The molecular weight excluding hydrogens is 190 g/mol. The third-order valence-corrected chi connectivity index (χ3v) is 2.83. The van der Waals surface area contributed by atoms with Gasteiger partial charge in [0.1, 0.15) is 0 Å². The smallest absolute Gasteiger partial charge is 0.316 e. The highest BCUT2D eigenvalue weighted by molar-refractivity contribution is 5.07. The van der Waals surface area contributed by atoms with Gasteiger partial charge in [-0.25, -0.2) is 4.79 Å². The fraction of sp³-hybridized carbons (Fsp3) is 0.636. The van der Waals surface area contributed by atoms with Gasteiger partial charge < -0.3 is 10.3 Å². The van der Waals surface area contributed by atoms with Crippen LogP contribution in [0.25, 0.3) is 0 Å². The van der Waals surface area contributed by atoms with E-state index in [-0.39, 0.29) is 5.69 Å². The minimum Gasteiger partial charge on any atom is -0.316 e. The maximum absolute atomic E-state index is 11.2. The summed E-state index contributed by atoms with van der Waals surface area (Å²) in [6.45, 7) is 4.07. The number of nitrogens with one attached hydrogen (secondary N) is 2. The number of hydrogen-bond acceptors (Lipinski definition) is 3. The monoisotopic (exact) mass is 207 g/mol. The minimum atomic E-state index is -0.228. The average molecular weight is 207 g/mol. The fourth-order valence-corrected chi connectivity index (χ4v) is 2.14. The van der Waals surface area contributed by atoms with E-state index in [9.17, 15) is 4.79 Å². The topological polar surface area (TPSA) is 57.8 Å². The molecule has 0 amide bonds. The zero-order chi connectivity index (χ0) is 10.7. The summed E-state index contributed by atoms with van der Waals surface area (Å²) in [5, 5.41) is 3.37. The second-order valence-electron chi connectivity index (χ2n) is 4.28. The molecule has 4 nitrogen and oxygen atoms in total. The van der Waals surface area contributed by atoms with Crippen LogP contribution >= 0.6 is 0 Å². The van der Waals surface area contributed by atoms with Gasteiger partial charge in [-0.2, -0.15) is 4.98 Å². The Morgan fingerprint density at radius 2 is 2.47 bits per heavy atom. The van der Waals surface area contributed by atoms with Gasteiger partial charge in [-0.1, -0.05) is 0 Å². The molecule has 0 radical (unpaired) electrons. The molecule has 1 saturated heterocycles. The van der Waals surface area contributed by atoms with Gasteiger partial charge in [0, 0.05) is 11.4 Å². The lowest BCUT2D eigenvalue weighted by molar-refractivity contribution is 0.373. The van der Waals surface area contributed by atoms with Gasteiger partial charge in [-0.15, -0.1) is 0 Å². The molecule has 1 aliphatic rings. The number of piperidine rings is 1. The van der Waals surface area contributed by atoms with Crippen molar-refractivity contribution < 1.29 is 0 Å². The first kappa shape index (κ1) is 10.4. The number of hydrogen-bond donors (Lipinski definition) is 2. The van der Waals surface area contributed by atoms with Gasteiger partial charge in [0.05, 0.1) is 0 Å². The molecule has 1 aromatic rings. The minimum absolute atomic E-state index is 0.228. The lowest BCUT2D eigenvalue weighted by atomic mass is 9.94. The Hall–Kier alpha value is -1.16. The molecule has 0 aromatic carbocycles. The summed E-state index contributed by atoms with van der Waals surface area (Å²) >= 11 is 0. The Bertz CT molecular complexity index is 380. The zero-order valence-electron chi connectivity index (χ0n) is 9.05. The van der Waals surface area contributed by atoms with Crippen molar-refractivity contribution in [2.75, 3.05) is 13.1 Å². The molecule has 2 N–H and O–H groups in total. The van der Waals surface area contributed by atoms with Gasteiger partial charge in [0.2, 0.25) is 0 Å². The van der Waals surface area contributed by atoms with Crippen molar-refractivity contribution in [3.05, 3.63) is 27.9 Å². The van der Waals surface area contributed by atoms with Crippen LogP contribution in [0.2, 0.25) is 0 Å². The van der Waals surface area contributed by atoms with Crippen LogP contribution in [0.4, 0.5) is 0 Å². The number of aromatic amines is 1. The van der Waals surface area contributed by atoms with Crippen LogP contribution in [0.15, 0.2) is 10.9 Å². The molecule has 2 heterocycles. The van der Waals surface area contributed by atoms with Crippen LogP contribution in [0, 0.1) is 12.8 Å². The maximum Gasteiger partial charge on any atom is 0.345 e. The highest BCUT2D eigenvalue weighted by Crippen LogP contribution is 2.14. The summed E-state index contributed by atoms with van der Waals surface area (Å²) in [6, 6.07) is 1.97. The standard InChI is InChI=1S/C11H17N3O/c1-8-5-10(14-11(15)13-8)6-9-3-2-4-12-7-9/h5,9,12H,2-4,6-7H2,1H3,(H,13,14,15).